The first-order chi connectivity index (χ1) is 9.79. The summed E-state index contributed by atoms with van der Waals surface area (Å²) in [6.45, 7) is 0. The van der Waals surface area contributed by atoms with E-state index in [9.17, 15) is 5.11 Å². The van der Waals surface area contributed by atoms with Gasteiger partial charge in [-0.05, 0) is 30.5 Å². The van der Waals surface area contributed by atoms with Gasteiger partial charge in [-0.2, -0.15) is 0 Å². The number of imidazole rings is 1. The van der Waals surface area contributed by atoms with Crippen LogP contribution in [0.2, 0.25) is 0 Å². The zero-order valence-corrected chi connectivity index (χ0v) is 11.8. The van der Waals surface area contributed by atoms with Crippen LogP contribution in [0.5, 0.6) is 5.75 Å². The van der Waals surface area contributed by atoms with E-state index in [0.717, 1.165) is 22.5 Å². The number of aromatic nitrogens is 2. The van der Waals surface area contributed by atoms with Crippen molar-refractivity contribution in [2.75, 3.05) is 6.26 Å². The maximum atomic E-state index is 9.98. The van der Waals surface area contributed by atoms with Crippen molar-refractivity contribution in [1.29, 1.82) is 0 Å². The van der Waals surface area contributed by atoms with Crippen molar-refractivity contribution in [3.05, 3.63) is 54.9 Å². The largest absolute Gasteiger partial charge is 0.507 e. The summed E-state index contributed by atoms with van der Waals surface area (Å²) in [5.74, 6) is 0.249. The van der Waals surface area contributed by atoms with Gasteiger partial charge in [-0.25, -0.2) is 4.98 Å². The molecule has 1 heterocycles. The minimum absolute atomic E-state index is 0.249. The molecule has 0 aliphatic carbocycles. The lowest BCUT2D eigenvalue weighted by Gasteiger charge is -2.06. The Morgan fingerprint density at radius 1 is 1.05 bits per heavy atom. The number of hydrogen-bond acceptors (Lipinski definition) is 3. The van der Waals surface area contributed by atoms with Crippen LogP contribution in [0.15, 0.2) is 59.8 Å². The number of nitrogens with zero attached hydrogens (tertiary/aromatic N) is 1. The number of rotatable bonds is 3. The molecule has 0 radical (unpaired) electrons. The Bertz CT molecular complexity index is 719. The SMILES string of the molecule is CSc1ccc(-c2nc[nH]c2-c2ccccc2O)cc1. The Hall–Kier alpha value is -2.20. The summed E-state index contributed by atoms with van der Waals surface area (Å²) in [7, 11) is 0. The number of hydrogen-bond donors (Lipinski definition) is 2. The van der Waals surface area contributed by atoms with Crippen molar-refractivity contribution in [2.24, 2.45) is 0 Å². The third kappa shape index (κ3) is 2.30. The van der Waals surface area contributed by atoms with Crippen LogP contribution in [0.25, 0.3) is 22.5 Å². The Morgan fingerprint density at radius 2 is 1.80 bits per heavy atom. The average Bonchev–Trinajstić information content (AvgIpc) is 2.97. The molecule has 0 amide bonds. The van der Waals surface area contributed by atoms with Gasteiger partial charge in [0.05, 0.1) is 17.7 Å². The molecule has 0 fully saturated rings. The lowest BCUT2D eigenvalue weighted by molar-refractivity contribution is 0.477. The number of phenolic OH excluding ortho intramolecular Hbond substituents is 1. The van der Waals surface area contributed by atoms with E-state index in [1.165, 1.54) is 4.90 Å². The molecular weight excluding hydrogens is 268 g/mol. The fourth-order valence-electron chi connectivity index (χ4n) is 2.15. The number of para-hydroxylation sites is 1. The second-order valence-corrected chi connectivity index (χ2v) is 5.25. The van der Waals surface area contributed by atoms with Gasteiger partial charge < -0.3 is 10.1 Å². The maximum absolute atomic E-state index is 9.98. The maximum Gasteiger partial charge on any atom is 0.124 e. The summed E-state index contributed by atoms with van der Waals surface area (Å²) in [6, 6.07) is 15.5. The fourth-order valence-corrected chi connectivity index (χ4v) is 2.56. The highest BCUT2D eigenvalue weighted by Gasteiger charge is 2.13. The van der Waals surface area contributed by atoms with Crippen LogP contribution < -0.4 is 0 Å². The molecule has 2 aromatic carbocycles. The van der Waals surface area contributed by atoms with Gasteiger partial charge in [-0.3, -0.25) is 0 Å². The van der Waals surface area contributed by atoms with E-state index in [1.54, 1.807) is 24.2 Å². The van der Waals surface area contributed by atoms with E-state index < -0.39 is 0 Å². The summed E-state index contributed by atoms with van der Waals surface area (Å²) < 4.78 is 0. The highest BCUT2D eigenvalue weighted by atomic mass is 32.2. The zero-order chi connectivity index (χ0) is 13.9. The molecule has 0 atom stereocenters. The van der Waals surface area contributed by atoms with Crippen LogP contribution in [0.1, 0.15) is 0 Å². The van der Waals surface area contributed by atoms with Gasteiger partial charge in [0, 0.05) is 16.0 Å². The second-order valence-electron chi connectivity index (χ2n) is 4.37. The first-order valence-electron chi connectivity index (χ1n) is 6.26. The number of thioether (sulfide) groups is 1. The molecule has 0 saturated carbocycles. The second kappa shape index (κ2) is 5.43. The molecule has 20 heavy (non-hydrogen) atoms. The van der Waals surface area contributed by atoms with Crippen LogP contribution in [-0.4, -0.2) is 21.3 Å². The molecule has 1 aromatic heterocycles. The summed E-state index contributed by atoms with van der Waals surface area (Å²) in [5.41, 5.74) is 3.47. The van der Waals surface area contributed by atoms with E-state index in [0.29, 0.717) is 0 Å². The van der Waals surface area contributed by atoms with E-state index in [1.807, 2.05) is 30.3 Å². The molecule has 0 saturated heterocycles. The average molecular weight is 282 g/mol. The van der Waals surface area contributed by atoms with Crippen LogP contribution in [0.4, 0.5) is 0 Å². The Morgan fingerprint density at radius 3 is 2.50 bits per heavy atom. The topological polar surface area (TPSA) is 48.9 Å². The molecule has 0 spiro atoms. The van der Waals surface area contributed by atoms with Crippen molar-refractivity contribution in [3.8, 4) is 28.3 Å². The monoisotopic (exact) mass is 282 g/mol. The summed E-state index contributed by atoms with van der Waals surface area (Å²) in [6.07, 6.45) is 3.70. The van der Waals surface area contributed by atoms with E-state index in [4.69, 9.17) is 0 Å². The molecule has 3 aromatic rings. The van der Waals surface area contributed by atoms with Crippen molar-refractivity contribution < 1.29 is 5.11 Å². The first kappa shape index (κ1) is 12.8. The quantitative estimate of drug-likeness (QED) is 0.709. The lowest BCUT2D eigenvalue weighted by atomic mass is 10.0. The van der Waals surface area contributed by atoms with Gasteiger partial charge in [0.2, 0.25) is 0 Å². The van der Waals surface area contributed by atoms with Gasteiger partial charge >= 0.3 is 0 Å². The van der Waals surface area contributed by atoms with Crippen molar-refractivity contribution in [1.82, 2.24) is 9.97 Å². The van der Waals surface area contributed by atoms with Gasteiger partial charge in [-0.15, -0.1) is 11.8 Å². The molecule has 2 N–H and O–H groups in total. The highest BCUT2D eigenvalue weighted by molar-refractivity contribution is 7.98. The molecule has 100 valence electrons. The van der Waals surface area contributed by atoms with Gasteiger partial charge in [0.25, 0.3) is 0 Å². The standard InChI is InChI=1S/C16H14N2OS/c1-20-12-8-6-11(7-9-12)15-16(18-10-17-15)13-4-2-3-5-14(13)19/h2-10,19H,1H3,(H,17,18). The predicted molar refractivity (Wildman–Crippen MR) is 82.9 cm³/mol. The van der Waals surface area contributed by atoms with Gasteiger partial charge in [0.1, 0.15) is 5.75 Å². The minimum atomic E-state index is 0.249. The smallest absolute Gasteiger partial charge is 0.124 e. The molecule has 0 aliphatic heterocycles. The highest BCUT2D eigenvalue weighted by Crippen LogP contribution is 2.34. The van der Waals surface area contributed by atoms with Crippen LogP contribution in [-0.2, 0) is 0 Å². The third-order valence-electron chi connectivity index (χ3n) is 3.18. The number of H-pyrrole nitrogens is 1. The van der Waals surface area contributed by atoms with Crippen LogP contribution in [0.3, 0.4) is 0 Å². The normalized spacial score (nSPS) is 10.7. The van der Waals surface area contributed by atoms with Crippen molar-refractivity contribution in [3.63, 3.8) is 0 Å². The van der Waals surface area contributed by atoms with Gasteiger partial charge in [-0.1, -0.05) is 24.3 Å². The van der Waals surface area contributed by atoms with Crippen molar-refractivity contribution >= 4 is 11.8 Å². The van der Waals surface area contributed by atoms with E-state index >= 15 is 0 Å². The van der Waals surface area contributed by atoms with Gasteiger partial charge in [0.15, 0.2) is 0 Å². The molecule has 0 aliphatic rings. The Balaban J connectivity index is 2.08. The summed E-state index contributed by atoms with van der Waals surface area (Å²) in [4.78, 5) is 8.72. The Kier molecular flexibility index (Phi) is 3.48. The Labute approximate surface area is 121 Å². The predicted octanol–water partition coefficient (Wildman–Crippen LogP) is 4.17. The minimum Gasteiger partial charge on any atom is -0.507 e. The van der Waals surface area contributed by atoms with Crippen molar-refractivity contribution in [2.45, 2.75) is 4.90 Å². The van der Waals surface area contributed by atoms with E-state index in [-0.39, 0.29) is 5.75 Å². The number of nitrogens with one attached hydrogen (secondary N) is 1. The number of benzene rings is 2. The number of aromatic amines is 1. The number of aromatic hydroxyl groups is 1. The van der Waals surface area contributed by atoms with E-state index in [2.05, 4.69) is 28.4 Å². The molecule has 3 nitrogen and oxygen atoms in total. The molecule has 4 heteroatoms. The molecule has 0 bridgehead atoms. The summed E-state index contributed by atoms with van der Waals surface area (Å²) in [5, 5.41) is 9.98. The lowest BCUT2D eigenvalue weighted by Crippen LogP contribution is -1.85. The van der Waals surface area contributed by atoms with Crippen LogP contribution >= 0.6 is 11.8 Å². The molecular formula is C16H14N2OS. The summed E-state index contributed by atoms with van der Waals surface area (Å²) >= 11 is 1.71. The number of phenols is 1. The fraction of sp³-hybridized carbons (Fsp3) is 0.0625. The third-order valence-corrected chi connectivity index (χ3v) is 3.92. The molecule has 0 unspecified atom stereocenters. The molecule has 3 rings (SSSR count). The van der Waals surface area contributed by atoms with Crippen LogP contribution in [0, 0.1) is 0 Å². The zero-order valence-electron chi connectivity index (χ0n) is 11.0. The first-order valence-corrected chi connectivity index (χ1v) is 7.48.